The number of nitrogens with zero attached hydrogens (tertiary/aromatic N) is 2. The molecule has 2 N–H and O–H groups in total. The van der Waals surface area contributed by atoms with Crippen molar-refractivity contribution in [3.05, 3.63) is 77.6 Å². The van der Waals surface area contributed by atoms with Crippen molar-refractivity contribution in [3.63, 3.8) is 0 Å². The van der Waals surface area contributed by atoms with Gasteiger partial charge in [-0.25, -0.2) is 9.48 Å². The van der Waals surface area contributed by atoms with Gasteiger partial charge in [0.1, 0.15) is 11.3 Å². The molecule has 0 saturated heterocycles. The summed E-state index contributed by atoms with van der Waals surface area (Å²) in [5.41, 5.74) is -1.01. The number of ether oxygens (including phenoxy) is 1. The summed E-state index contributed by atoms with van der Waals surface area (Å²) >= 11 is 0. The monoisotopic (exact) mass is 459 g/mol. The Morgan fingerprint density at radius 3 is 2.52 bits per heavy atom. The van der Waals surface area contributed by atoms with Crippen LogP contribution in [0.1, 0.15) is 42.5 Å². The Morgan fingerprint density at radius 2 is 1.88 bits per heavy atom. The Morgan fingerprint density at radius 1 is 1.12 bits per heavy atom. The topological polar surface area (TPSA) is 85.2 Å². The van der Waals surface area contributed by atoms with E-state index in [9.17, 15) is 22.8 Å². The fraction of sp³-hybridized carbons (Fsp3) is 0.261. The van der Waals surface area contributed by atoms with E-state index in [0.717, 1.165) is 4.68 Å². The number of carbonyl (C=O) groups excluding carboxylic acids is 2. The molecule has 7 nitrogen and oxygen atoms in total. The average Bonchev–Trinajstić information content (AvgIpc) is 3.18. The number of alkyl halides is 3. The highest BCUT2D eigenvalue weighted by Crippen LogP contribution is 2.30. The number of amides is 2. The number of benzene rings is 2. The lowest BCUT2D eigenvalue weighted by molar-refractivity contribution is -0.141. The molecule has 0 aliphatic carbocycles. The van der Waals surface area contributed by atoms with Crippen molar-refractivity contribution in [3.8, 4) is 5.69 Å². The molecule has 33 heavy (non-hydrogen) atoms. The SMILES string of the molecule is CC(C)(C)OC(=O)NCc1cccc(-n2nc(C(F)(F)F)cc2C(=O)Nc2c[c]ccc2)c1. The van der Waals surface area contributed by atoms with Gasteiger partial charge in [-0.1, -0.05) is 24.3 Å². The van der Waals surface area contributed by atoms with Crippen LogP contribution in [0.25, 0.3) is 5.69 Å². The molecule has 0 spiro atoms. The number of rotatable bonds is 5. The largest absolute Gasteiger partial charge is 0.444 e. The van der Waals surface area contributed by atoms with E-state index < -0.39 is 29.5 Å². The van der Waals surface area contributed by atoms with E-state index in [0.29, 0.717) is 17.3 Å². The summed E-state index contributed by atoms with van der Waals surface area (Å²) in [7, 11) is 0. The summed E-state index contributed by atoms with van der Waals surface area (Å²) < 4.78 is 46.1. The van der Waals surface area contributed by atoms with E-state index in [1.807, 2.05) is 0 Å². The van der Waals surface area contributed by atoms with E-state index in [-0.39, 0.29) is 17.9 Å². The number of nitrogens with one attached hydrogen (secondary N) is 2. The fourth-order valence-electron chi connectivity index (χ4n) is 2.83. The summed E-state index contributed by atoms with van der Waals surface area (Å²) in [5.74, 6) is -0.769. The van der Waals surface area contributed by atoms with E-state index in [4.69, 9.17) is 4.74 Å². The second-order valence-corrected chi connectivity index (χ2v) is 8.10. The zero-order valence-electron chi connectivity index (χ0n) is 18.2. The second-order valence-electron chi connectivity index (χ2n) is 8.10. The first-order valence-electron chi connectivity index (χ1n) is 9.93. The molecular formula is C23H22F3N4O3. The van der Waals surface area contributed by atoms with Gasteiger partial charge in [0.2, 0.25) is 0 Å². The molecule has 0 aliphatic rings. The number of anilines is 1. The van der Waals surface area contributed by atoms with Gasteiger partial charge in [-0.05, 0) is 56.7 Å². The van der Waals surface area contributed by atoms with Crippen LogP contribution in [0.5, 0.6) is 0 Å². The molecule has 0 aliphatic heterocycles. The van der Waals surface area contributed by atoms with Gasteiger partial charge in [-0.3, -0.25) is 4.79 Å². The Hall–Kier alpha value is -3.82. The predicted octanol–water partition coefficient (Wildman–Crippen LogP) is 4.97. The van der Waals surface area contributed by atoms with Gasteiger partial charge in [0.05, 0.1) is 5.69 Å². The third-order valence-corrected chi connectivity index (χ3v) is 4.19. The minimum atomic E-state index is -4.74. The Balaban J connectivity index is 1.88. The molecule has 173 valence electrons. The van der Waals surface area contributed by atoms with E-state index in [1.54, 1.807) is 51.1 Å². The maximum atomic E-state index is 13.3. The molecule has 1 radical (unpaired) electrons. The standard InChI is InChI=1S/C23H22F3N4O3/c1-22(2,3)33-21(32)27-14-15-8-7-11-17(12-15)30-18(13-19(29-30)23(24,25)26)20(31)28-16-9-5-4-6-10-16/h4-5,7-13H,14H2,1-3H3,(H,27,32)(H,28,31). The molecule has 10 heteroatoms. The molecule has 3 rings (SSSR count). The molecular weight excluding hydrogens is 437 g/mol. The summed E-state index contributed by atoms with van der Waals surface area (Å²) in [4.78, 5) is 24.6. The first-order chi connectivity index (χ1) is 15.4. The zero-order chi connectivity index (χ0) is 24.2. The number of alkyl carbamates (subject to hydrolysis) is 1. The van der Waals surface area contributed by atoms with Crippen molar-refractivity contribution in [2.24, 2.45) is 0 Å². The molecule has 2 aromatic carbocycles. The average molecular weight is 459 g/mol. The van der Waals surface area contributed by atoms with Crippen LogP contribution >= 0.6 is 0 Å². The van der Waals surface area contributed by atoms with Gasteiger partial charge in [-0.15, -0.1) is 0 Å². The number of halogens is 3. The van der Waals surface area contributed by atoms with Gasteiger partial charge in [-0.2, -0.15) is 18.3 Å². The van der Waals surface area contributed by atoms with Crippen molar-refractivity contribution >= 4 is 17.7 Å². The molecule has 2 amide bonds. The van der Waals surface area contributed by atoms with E-state index in [2.05, 4.69) is 21.8 Å². The highest BCUT2D eigenvalue weighted by molar-refractivity contribution is 6.03. The van der Waals surface area contributed by atoms with Crippen molar-refractivity contribution in [2.45, 2.75) is 39.1 Å². The molecule has 0 fully saturated rings. The Labute approximate surface area is 188 Å². The number of hydrogen-bond donors (Lipinski definition) is 2. The highest BCUT2D eigenvalue weighted by atomic mass is 19.4. The smallest absolute Gasteiger partial charge is 0.435 e. The lowest BCUT2D eigenvalue weighted by atomic mass is 10.2. The van der Waals surface area contributed by atoms with Crippen LogP contribution in [-0.2, 0) is 17.5 Å². The van der Waals surface area contributed by atoms with Crippen molar-refractivity contribution < 1.29 is 27.5 Å². The number of carbonyl (C=O) groups is 2. The lowest BCUT2D eigenvalue weighted by Crippen LogP contribution is -2.32. The van der Waals surface area contributed by atoms with Crippen LogP contribution in [0, 0.1) is 6.07 Å². The third kappa shape index (κ3) is 6.58. The summed E-state index contributed by atoms with van der Waals surface area (Å²) in [5, 5.41) is 8.73. The van der Waals surface area contributed by atoms with Gasteiger partial charge in [0.25, 0.3) is 5.91 Å². The van der Waals surface area contributed by atoms with Crippen LogP contribution in [0.4, 0.5) is 23.7 Å². The maximum Gasteiger partial charge on any atom is 0.435 e. The first kappa shape index (κ1) is 23.8. The van der Waals surface area contributed by atoms with Gasteiger partial charge >= 0.3 is 12.3 Å². The molecule has 0 bridgehead atoms. The zero-order valence-corrected chi connectivity index (χ0v) is 18.2. The fourth-order valence-corrected chi connectivity index (χ4v) is 2.83. The first-order valence-corrected chi connectivity index (χ1v) is 9.93. The predicted molar refractivity (Wildman–Crippen MR) is 115 cm³/mol. The van der Waals surface area contributed by atoms with Crippen LogP contribution < -0.4 is 10.6 Å². The van der Waals surface area contributed by atoms with Crippen LogP contribution in [0.3, 0.4) is 0 Å². The maximum absolute atomic E-state index is 13.3. The molecule has 1 aromatic heterocycles. The normalized spacial score (nSPS) is 11.7. The minimum Gasteiger partial charge on any atom is -0.444 e. The third-order valence-electron chi connectivity index (χ3n) is 4.19. The molecule has 1 heterocycles. The van der Waals surface area contributed by atoms with Gasteiger partial charge in [0, 0.05) is 18.3 Å². The van der Waals surface area contributed by atoms with Crippen molar-refractivity contribution in [2.75, 3.05) is 5.32 Å². The number of aromatic nitrogens is 2. The Kier molecular flexibility index (Phi) is 6.75. The quantitative estimate of drug-likeness (QED) is 0.564. The van der Waals surface area contributed by atoms with Crippen molar-refractivity contribution in [1.29, 1.82) is 0 Å². The summed E-state index contributed by atoms with van der Waals surface area (Å²) in [6.45, 7) is 5.24. The van der Waals surface area contributed by atoms with Gasteiger partial charge < -0.3 is 15.4 Å². The minimum absolute atomic E-state index is 0.0670. The highest BCUT2D eigenvalue weighted by Gasteiger charge is 2.36. The molecule has 3 aromatic rings. The number of hydrogen-bond acceptors (Lipinski definition) is 4. The molecule has 0 atom stereocenters. The Bertz CT molecular complexity index is 1140. The van der Waals surface area contributed by atoms with Crippen LogP contribution in [0.2, 0.25) is 0 Å². The van der Waals surface area contributed by atoms with Gasteiger partial charge in [0.15, 0.2) is 5.69 Å². The van der Waals surface area contributed by atoms with Crippen molar-refractivity contribution in [1.82, 2.24) is 15.1 Å². The summed E-state index contributed by atoms with van der Waals surface area (Å²) in [6, 6.07) is 16.1. The lowest BCUT2D eigenvalue weighted by Gasteiger charge is -2.19. The van der Waals surface area contributed by atoms with E-state index in [1.165, 1.54) is 18.2 Å². The van der Waals surface area contributed by atoms with Crippen LogP contribution in [-0.4, -0.2) is 27.4 Å². The second kappa shape index (κ2) is 9.35. The van der Waals surface area contributed by atoms with E-state index >= 15 is 0 Å². The molecule has 0 unspecified atom stereocenters. The summed E-state index contributed by atoms with van der Waals surface area (Å²) in [6.07, 6.45) is -5.37. The molecule has 0 saturated carbocycles. The van der Waals surface area contributed by atoms with Crippen LogP contribution in [0.15, 0.2) is 54.6 Å².